The van der Waals surface area contributed by atoms with E-state index in [0.717, 1.165) is 25.7 Å². The topological polar surface area (TPSA) is 58.2 Å². The van der Waals surface area contributed by atoms with Crippen LogP contribution >= 0.6 is 22.0 Å². The van der Waals surface area contributed by atoms with Crippen LogP contribution in [0.15, 0.2) is 0 Å². The van der Waals surface area contributed by atoms with Crippen LogP contribution in [0.3, 0.4) is 0 Å². The summed E-state index contributed by atoms with van der Waals surface area (Å²) in [4.78, 5) is 23.9. The van der Waals surface area contributed by atoms with Crippen molar-refractivity contribution in [2.45, 2.75) is 194 Å². The standard InChI is InChI=1S/C32H64N2O2S2/c1-3-5-7-9-11-13-15-17-19-21-23-25-27-29-31(35)33-37-38-34-32(36)30-28-26-24-22-20-18-16-14-12-10-8-6-4-2/h3-30H2,1-2H3,(H,33,35)(H,34,36). The fourth-order valence-electron chi connectivity index (χ4n) is 4.84. The first-order valence-corrected chi connectivity index (χ1v) is 18.8. The van der Waals surface area contributed by atoms with Gasteiger partial charge in [0.2, 0.25) is 11.8 Å². The zero-order chi connectivity index (χ0) is 27.8. The largest absolute Gasteiger partial charge is 0.290 e. The lowest BCUT2D eigenvalue weighted by Gasteiger charge is -2.06. The molecule has 0 aliphatic carbocycles. The second-order valence-corrected chi connectivity index (χ2v) is 12.9. The van der Waals surface area contributed by atoms with E-state index in [4.69, 9.17) is 0 Å². The van der Waals surface area contributed by atoms with E-state index in [0.29, 0.717) is 12.8 Å². The van der Waals surface area contributed by atoms with Gasteiger partial charge in [-0.2, -0.15) is 0 Å². The molecule has 0 fully saturated rings. The molecule has 0 aliphatic heterocycles. The van der Waals surface area contributed by atoms with Crippen LogP contribution in [-0.2, 0) is 9.59 Å². The smallest absolute Gasteiger partial charge is 0.230 e. The van der Waals surface area contributed by atoms with Crippen LogP contribution in [-0.4, -0.2) is 11.8 Å². The van der Waals surface area contributed by atoms with Crippen LogP contribution in [0.5, 0.6) is 0 Å². The highest BCUT2D eigenvalue weighted by Crippen LogP contribution is 2.16. The van der Waals surface area contributed by atoms with Gasteiger partial charge in [0.15, 0.2) is 0 Å². The van der Waals surface area contributed by atoms with Crippen molar-refractivity contribution in [2.24, 2.45) is 0 Å². The Bertz CT molecular complexity index is 462. The normalized spacial score (nSPS) is 11.1. The highest BCUT2D eigenvalue weighted by molar-refractivity contribution is 8.75. The predicted octanol–water partition coefficient (Wildman–Crippen LogP) is 11.4. The summed E-state index contributed by atoms with van der Waals surface area (Å²) in [6, 6.07) is 0. The van der Waals surface area contributed by atoms with E-state index >= 15 is 0 Å². The summed E-state index contributed by atoms with van der Waals surface area (Å²) in [6.07, 6.45) is 35.4. The van der Waals surface area contributed by atoms with Gasteiger partial charge in [-0.3, -0.25) is 19.0 Å². The van der Waals surface area contributed by atoms with E-state index in [9.17, 15) is 9.59 Å². The molecule has 226 valence electrons. The molecule has 4 nitrogen and oxygen atoms in total. The van der Waals surface area contributed by atoms with Crippen LogP contribution in [0.2, 0.25) is 0 Å². The zero-order valence-corrected chi connectivity index (χ0v) is 27.1. The molecular formula is C32H64N2O2S2. The minimum Gasteiger partial charge on any atom is -0.290 e. The van der Waals surface area contributed by atoms with E-state index < -0.39 is 0 Å². The average molecular weight is 573 g/mol. The van der Waals surface area contributed by atoms with Crippen molar-refractivity contribution in [1.82, 2.24) is 9.44 Å². The second-order valence-electron chi connectivity index (χ2n) is 11.2. The number of carbonyl (C=O) groups is 2. The first-order valence-electron chi connectivity index (χ1n) is 16.6. The fraction of sp³-hybridized carbons (Fsp3) is 0.938. The average Bonchev–Trinajstić information content (AvgIpc) is 2.92. The first kappa shape index (κ1) is 37.6. The number of nitrogens with one attached hydrogen (secondary N) is 2. The van der Waals surface area contributed by atoms with Crippen molar-refractivity contribution in [2.75, 3.05) is 0 Å². The predicted molar refractivity (Wildman–Crippen MR) is 172 cm³/mol. The van der Waals surface area contributed by atoms with Crippen LogP contribution < -0.4 is 9.44 Å². The Hall–Kier alpha value is -0.360. The van der Waals surface area contributed by atoms with Gasteiger partial charge in [-0.05, 0) is 12.8 Å². The highest BCUT2D eigenvalue weighted by atomic mass is 33.1. The van der Waals surface area contributed by atoms with Gasteiger partial charge in [-0.15, -0.1) is 0 Å². The van der Waals surface area contributed by atoms with Gasteiger partial charge in [0.05, 0.1) is 0 Å². The van der Waals surface area contributed by atoms with E-state index in [2.05, 4.69) is 23.3 Å². The van der Waals surface area contributed by atoms with E-state index in [1.807, 2.05) is 0 Å². The third-order valence-electron chi connectivity index (χ3n) is 7.37. The third-order valence-corrected chi connectivity index (χ3v) is 8.82. The Labute approximate surface area is 245 Å². The monoisotopic (exact) mass is 572 g/mol. The minimum absolute atomic E-state index is 0.0660. The molecule has 2 N–H and O–H groups in total. The summed E-state index contributed by atoms with van der Waals surface area (Å²) in [5.74, 6) is 0.132. The molecule has 0 spiro atoms. The van der Waals surface area contributed by atoms with Crippen molar-refractivity contribution < 1.29 is 9.59 Å². The van der Waals surface area contributed by atoms with E-state index in [-0.39, 0.29) is 11.8 Å². The molecule has 0 aromatic heterocycles. The summed E-state index contributed by atoms with van der Waals surface area (Å²) in [6.45, 7) is 4.54. The SMILES string of the molecule is CCCCCCCCCCCCCCCC(=O)NSSNC(=O)CCCCCCCCCCCCCCC. The summed E-state index contributed by atoms with van der Waals surface area (Å²) in [5.41, 5.74) is 0. The van der Waals surface area contributed by atoms with E-state index in [1.54, 1.807) is 0 Å². The van der Waals surface area contributed by atoms with Crippen LogP contribution in [0, 0.1) is 0 Å². The van der Waals surface area contributed by atoms with Crippen molar-refractivity contribution in [3.63, 3.8) is 0 Å². The van der Waals surface area contributed by atoms with Gasteiger partial charge >= 0.3 is 0 Å². The number of hydrogen-bond donors (Lipinski definition) is 2. The lowest BCUT2D eigenvalue weighted by Crippen LogP contribution is -2.18. The van der Waals surface area contributed by atoms with Crippen molar-refractivity contribution in [1.29, 1.82) is 0 Å². The Kier molecular flexibility index (Phi) is 32.5. The van der Waals surface area contributed by atoms with Gasteiger partial charge in [0, 0.05) is 34.8 Å². The maximum Gasteiger partial charge on any atom is 0.230 e. The van der Waals surface area contributed by atoms with Crippen molar-refractivity contribution >= 4 is 33.8 Å². The highest BCUT2D eigenvalue weighted by Gasteiger charge is 2.04. The molecule has 38 heavy (non-hydrogen) atoms. The fourth-order valence-corrected chi connectivity index (χ4v) is 6.12. The summed E-state index contributed by atoms with van der Waals surface area (Å²) >= 11 is 0. The Morgan fingerprint density at radius 2 is 0.579 bits per heavy atom. The molecule has 0 atom stereocenters. The Morgan fingerprint density at radius 1 is 0.368 bits per heavy atom. The molecule has 6 heteroatoms. The number of carbonyl (C=O) groups excluding carboxylic acids is 2. The zero-order valence-electron chi connectivity index (χ0n) is 25.4. The second kappa shape index (κ2) is 32.8. The lowest BCUT2D eigenvalue weighted by molar-refractivity contribution is -0.120. The maximum atomic E-state index is 11.9. The molecule has 0 saturated carbocycles. The number of hydrogen-bond acceptors (Lipinski definition) is 4. The molecule has 0 rings (SSSR count). The summed E-state index contributed by atoms with van der Waals surface area (Å²) < 4.78 is 5.65. The summed E-state index contributed by atoms with van der Waals surface area (Å²) in [7, 11) is 2.44. The van der Waals surface area contributed by atoms with Crippen LogP contribution in [0.1, 0.15) is 194 Å². The lowest BCUT2D eigenvalue weighted by atomic mass is 10.0. The molecule has 0 radical (unpaired) electrons. The number of amides is 2. The van der Waals surface area contributed by atoms with Crippen LogP contribution in [0.4, 0.5) is 0 Å². The molecular weight excluding hydrogens is 508 g/mol. The van der Waals surface area contributed by atoms with Gasteiger partial charge < -0.3 is 0 Å². The Morgan fingerprint density at radius 3 is 0.816 bits per heavy atom. The molecule has 0 aromatic rings. The molecule has 2 amide bonds. The maximum absolute atomic E-state index is 11.9. The molecule has 0 unspecified atom stereocenters. The van der Waals surface area contributed by atoms with Crippen molar-refractivity contribution in [3.05, 3.63) is 0 Å². The quantitative estimate of drug-likeness (QED) is 0.0493. The summed E-state index contributed by atoms with van der Waals surface area (Å²) in [5, 5.41) is 0. The Balaban J connectivity index is 3.27. The molecule has 0 heterocycles. The van der Waals surface area contributed by atoms with Gasteiger partial charge in [0.25, 0.3) is 0 Å². The molecule has 0 aliphatic rings. The first-order chi connectivity index (χ1) is 18.7. The number of rotatable bonds is 31. The number of unbranched alkanes of at least 4 members (excludes halogenated alkanes) is 24. The molecule has 0 saturated heterocycles. The van der Waals surface area contributed by atoms with Gasteiger partial charge in [0.1, 0.15) is 0 Å². The third kappa shape index (κ3) is 31.9. The van der Waals surface area contributed by atoms with E-state index in [1.165, 1.54) is 163 Å². The van der Waals surface area contributed by atoms with Gasteiger partial charge in [-0.25, -0.2) is 0 Å². The molecule has 0 bridgehead atoms. The minimum atomic E-state index is 0.0660. The molecule has 0 aromatic carbocycles. The van der Waals surface area contributed by atoms with Crippen molar-refractivity contribution in [3.8, 4) is 0 Å². The van der Waals surface area contributed by atoms with Crippen LogP contribution in [0.25, 0.3) is 0 Å². The van der Waals surface area contributed by atoms with Gasteiger partial charge in [-0.1, -0.05) is 168 Å².